The molecule has 1 aliphatic rings. The van der Waals surface area contributed by atoms with Crippen LogP contribution in [0.15, 0.2) is 24.3 Å². The predicted octanol–water partition coefficient (Wildman–Crippen LogP) is 2.87. The Morgan fingerprint density at radius 1 is 1.22 bits per heavy atom. The number of rotatable bonds is 8. The second-order valence-corrected chi connectivity index (χ2v) is 7.06. The van der Waals surface area contributed by atoms with Gasteiger partial charge in [-0.25, -0.2) is 0 Å². The number of likely N-dealkylation sites (N-methyl/N-ethyl adjacent to an activating group) is 1. The molecule has 23 heavy (non-hydrogen) atoms. The summed E-state index contributed by atoms with van der Waals surface area (Å²) in [6.45, 7) is 7.70. The normalized spacial score (nSPS) is 17.4. The summed E-state index contributed by atoms with van der Waals surface area (Å²) in [6, 6.07) is 8.36. The van der Waals surface area contributed by atoms with Gasteiger partial charge >= 0.3 is 0 Å². The van der Waals surface area contributed by atoms with Crippen LogP contribution in [0.4, 0.5) is 0 Å². The van der Waals surface area contributed by atoms with Crippen molar-refractivity contribution >= 4 is 5.91 Å². The second-order valence-electron chi connectivity index (χ2n) is 7.06. The molecule has 1 aromatic carbocycles. The number of hydrogen-bond acceptors (Lipinski definition) is 3. The molecule has 0 aromatic heterocycles. The first kappa shape index (κ1) is 17.8. The monoisotopic (exact) mass is 318 g/mol. The van der Waals surface area contributed by atoms with Crippen LogP contribution in [0.25, 0.3) is 0 Å². The summed E-state index contributed by atoms with van der Waals surface area (Å²) in [4.78, 5) is 12.7. The van der Waals surface area contributed by atoms with Gasteiger partial charge in [0.15, 0.2) is 0 Å². The van der Waals surface area contributed by atoms with E-state index < -0.39 is 0 Å². The van der Waals surface area contributed by atoms with Crippen molar-refractivity contribution in [3.05, 3.63) is 29.8 Å². The molecule has 1 aliphatic carbocycles. The van der Waals surface area contributed by atoms with Gasteiger partial charge in [-0.1, -0.05) is 32.4 Å². The summed E-state index contributed by atoms with van der Waals surface area (Å²) in [5.74, 6) is 1.54. The van der Waals surface area contributed by atoms with Crippen LogP contribution in [0.3, 0.4) is 0 Å². The van der Waals surface area contributed by atoms with Gasteiger partial charge in [-0.05, 0) is 50.4 Å². The van der Waals surface area contributed by atoms with Gasteiger partial charge in [-0.15, -0.1) is 0 Å². The van der Waals surface area contributed by atoms with Crippen molar-refractivity contribution in [3.8, 4) is 5.75 Å². The lowest BCUT2D eigenvalue weighted by molar-refractivity contribution is -0.130. The van der Waals surface area contributed by atoms with Crippen molar-refractivity contribution in [2.75, 3.05) is 20.2 Å². The molecule has 1 saturated carbocycles. The van der Waals surface area contributed by atoms with E-state index in [0.29, 0.717) is 19.1 Å². The molecule has 0 bridgehead atoms. The van der Waals surface area contributed by atoms with Crippen molar-refractivity contribution < 1.29 is 9.53 Å². The number of carbonyl (C=O) groups excluding carboxylic acids is 1. The Morgan fingerprint density at radius 2 is 1.87 bits per heavy atom. The van der Waals surface area contributed by atoms with Crippen LogP contribution in [0.1, 0.15) is 45.6 Å². The number of ether oxygens (including phenoxy) is 1. The largest absolute Gasteiger partial charge is 0.493 e. The molecule has 0 heterocycles. The van der Waals surface area contributed by atoms with E-state index in [9.17, 15) is 4.79 Å². The fourth-order valence-corrected chi connectivity index (χ4v) is 2.83. The summed E-state index contributed by atoms with van der Waals surface area (Å²) in [5.41, 5.74) is 0.764. The van der Waals surface area contributed by atoms with Gasteiger partial charge < -0.3 is 15.4 Å². The maximum absolute atomic E-state index is 12.7. The highest BCUT2D eigenvalue weighted by Gasteiger charge is 2.45. The van der Waals surface area contributed by atoms with Crippen molar-refractivity contribution in [1.29, 1.82) is 0 Å². The van der Waals surface area contributed by atoms with E-state index in [1.165, 1.54) is 0 Å². The molecule has 0 aliphatic heterocycles. The molecule has 0 saturated heterocycles. The van der Waals surface area contributed by atoms with Crippen molar-refractivity contribution in [3.63, 3.8) is 0 Å². The Morgan fingerprint density at radius 3 is 2.35 bits per heavy atom. The highest BCUT2D eigenvalue weighted by molar-refractivity contribution is 5.89. The molecular formula is C19H30N2O2. The third-order valence-electron chi connectivity index (χ3n) is 4.69. The van der Waals surface area contributed by atoms with E-state index >= 15 is 0 Å². The zero-order valence-corrected chi connectivity index (χ0v) is 14.8. The van der Waals surface area contributed by atoms with Crippen LogP contribution in [-0.4, -0.2) is 32.1 Å². The van der Waals surface area contributed by atoms with E-state index in [4.69, 9.17) is 4.74 Å². The Kier molecular flexibility index (Phi) is 6.05. The fraction of sp³-hybridized carbons (Fsp3) is 0.632. The van der Waals surface area contributed by atoms with Crippen LogP contribution in [0.2, 0.25) is 0 Å². The molecule has 1 aromatic rings. The Labute approximate surface area is 140 Å². The summed E-state index contributed by atoms with van der Waals surface area (Å²) in [6.07, 6.45) is 2.97. The Bertz CT molecular complexity index is 507. The van der Waals surface area contributed by atoms with E-state index in [1.54, 1.807) is 0 Å². The lowest BCUT2D eigenvalue weighted by Gasteiger charge is -2.41. The minimum atomic E-state index is -0.343. The lowest BCUT2D eigenvalue weighted by Crippen LogP contribution is -2.51. The first-order valence-corrected chi connectivity index (χ1v) is 8.67. The highest BCUT2D eigenvalue weighted by Crippen LogP contribution is 2.44. The van der Waals surface area contributed by atoms with Gasteiger partial charge in [-0.3, -0.25) is 4.79 Å². The Balaban J connectivity index is 2.03. The number of nitrogens with one attached hydrogen (secondary N) is 2. The molecule has 1 fully saturated rings. The standard InChI is InChI=1S/C19H30N2O2/c1-14(2)13-23-17-8-6-16(7-9-17)19(10-5-11-19)18(22)21-12-15(3)20-4/h6-9,14-15,20H,5,10-13H2,1-4H3,(H,21,22). The molecule has 1 unspecified atom stereocenters. The van der Waals surface area contributed by atoms with Gasteiger partial charge in [0.1, 0.15) is 5.75 Å². The summed E-state index contributed by atoms with van der Waals surface area (Å²) < 4.78 is 5.73. The first-order chi connectivity index (χ1) is 11.0. The van der Waals surface area contributed by atoms with E-state index in [1.807, 2.05) is 19.2 Å². The molecule has 1 atom stereocenters. The molecule has 2 rings (SSSR count). The molecule has 0 radical (unpaired) electrons. The molecule has 4 heteroatoms. The van der Waals surface area contributed by atoms with Crippen LogP contribution in [-0.2, 0) is 10.2 Å². The second kappa shape index (κ2) is 7.82. The third-order valence-corrected chi connectivity index (χ3v) is 4.69. The minimum absolute atomic E-state index is 0.154. The predicted molar refractivity (Wildman–Crippen MR) is 93.8 cm³/mol. The number of carbonyl (C=O) groups is 1. The van der Waals surface area contributed by atoms with Crippen LogP contribution >= 0.6 is 0 Å². The van der Waals surface area contributed by atoms with Crippen molar-refractivity contribution in [2.24, 2.45) is 5.92 Å². The molecule has 128 valence electrons. The maximum Gasteiger partial charge on any atom is 0.230 e. The minimum Gasteiger partial charge on any atom is -0.493 e. The topological polar surface area (TPSA) is 50.4 Å². The van der Waals surface area contributed by atoms with Crippen molar-refractivity contribution in [1.82, 2.24) is 10.6 Å². The van der Waals surface area contributed by atoms with Gasteiger partial charge in [0.2, 0.25) is 5.91 Å². The van der Waals surface area contributed by atoms with E-state index in [2.05, 4.69) is 43.5 Å². The van der Waals surface area contributed by atoms with Gasteiger partial charge in [0, 0.05) is 12.6 Å². The molecule has 2 N–H and O–H groups in total. The number of amides is 1. The zero-order valence-electron chi connectivity index (χ0n) is 14.8. The van der Waals surface area contributed by atoms with Crippen molar-refractivity contribution in [2.45, 2.75) is 51.5 Å². The first-order valence-electron chi connectivity index (χ1n) is 8.67. The summed E-state index contributed by atoms with van der Waals surface area (Å²) in [7, 11) is 1.91. The molecule has 4 nitrogen and oxygen atoms in total. The van der Waals surface area contributed by atoms with Gasteiger partial charge in [0.25, 0.3) is 0 Å². The summed E-state index contributed by atoms with van der Waals surface area (Å²) in [5, 5.41) is 6.24. The fourth-order valence-electron chi connectivity index (χ4n) is 2.83. The highest BCUT2D eigenvalue weighted by atomic mass is 16.5. The molecule has 1 amide bonds. The third kappa shape index (κ3) is 4.25. The lowest BCUT2D eigenvalue weighted by atomic mass is 9.64. The van der Waals surface area contributed by atoms with E-state index in [-0.39, 0.29) is 17.4 Å². The van der Waals surface area contributed by atoms with Crippen LogP contribution < -0.4 is 15.4 Å². The Hall–Kier alpha value is -1.55. The number of hydrogen-bond donors (Lipinski definition) is 2. The average Bonchev–Trinajstić information content (AvgIpc) is 2.50. The molecule has 0 spiro atoms. The zero-order chi connectivity index (χ0) is 16.9. The van der Waals surface area contributed by atoms with Crippen LogP contribution in [0, 0.1) is 5.92 Å². The van der Waals surface area contributed by atoms with E-state index in [0.717, 1.165) is 30.6 Å². The summed E-state index contributed by atoms with van der Waals surface area (Å²) >= 11 is 0. The molecular weight excluding hydrogens is 288 g/mol. The average molecular weight is 318 g/mol. The smallest absolute Gasteiger partial charge is 0.230 e. The quantitative estimate of drug-likeness (QED) is 0.775. The van der Waals surface area contributed by atoms with Crippen LogP contribution in [0.5, 0.6) is 5.75 Å². The van der Waals surface area contributed by atoms with Gasteiger partial charge in [0.05, 0.1) is 12.0 Å². The SMILES string of the molecule is CNC(C)CNC(=O)C1(c2ccc(OCC(C)C)cc2)CCC1. The van der Waals surface area contributed by atoms with Gasteiger partial charge in [-0.2, -0.15) is 0 Å². The maximum atomic E-state index is 12.7. The number of benzene rings is 1.